The van der Waals surface area contributed by atoms with Crippen LogP contribution in [0.2, 0.25) is 0 Å². The van der Waals surface area contributed by atoms with Crippen molar-refractivity contribution in [2.75, 3.05) is 7.11 Å². The van der Waals surface area contributed by atoms with E-state index >= 15 is 0 Å². The van der Waals surface area contributed by atoms with Gasteiger partial charge in [-0.25, -0.2) is 9.07 Å². The molecule has 4 rings (SSSR count). The van der Waals surface area contributed by atoms with Crippen molar-refractivity contribution in [2.24, 2.45) is 5.73 Å². The molecule has 0 aliphatic carbocycles. The minimum Gasteiger partial charge on any atom is -0.497 e. The van der Waals surface area contributed by atoms with Gasteiger partial charge in [0, 0.05) is 24.2 Å². The Kier molecular flexibility index (Phi) is 5.87. The van der Waals surface area contributed by atoms with Gasteiger partial charge >= 0.3 is 0 Å². The number of aromatic nitrogens is 4. The maximum absolute atomic E-state index is 14.0. The van der Waals surface area contributed by atoms with Gasteiger partial charge in [-0.3, -0.25) is 9.97 Å². The Balaban J connectivity index is 0.00000225. The molecule has 0 saturated carbocycles. The third-order valence-electron chi connectivity index (χ3n) is 4.42. The number of methoxy groups -OCH3 is 1. The molecule has 0 amide bonds. The van der Waals surface area contributed by atoms with Crippen LogP contribution < -0.4 is 10.5 Å². The molecule has 3 heterocycles. The zero-order chi connectivity index (χ0) is 18.8. The summed E-state index contributed by atoms with van der Waals surface area (Å²) in [5, 5.41) is 5.42. The highest BCUT2D eigenvalue weighted by Gasteiger charge is 2.18. The average Bonchev–Trinajstić information content (AvgIpc) is 3.12. The van der Waals surface area contributed by atoms with Gasteiger partial charge in [0.1, 0.15) is 11.6 Å². The van der Waals surface area contributed by atoms with Crippen LogP contribution in [0.15, 0.2) is 61.1 Å². The molecule has 144 valence electrons. The summed E-state index contributed by atoms with van der Waals surface area (Å²) >= 11 is 0. The van der Waals surface area contributed by atoms with Crippen molar-refractivity contribution in [3.63, 3.8) is 0 Å². The van der Waals surface area contributed by atoms with E-state index in [2.05, 4.69) is 15.1 Å². The highest BCUT2D eigenvalue weighted by molar-refractivity contribution is 5.85. The van der Waals surface area contributed by atoms with E-state index in [4.69, 9.17) is 10.5 Å². The lowest BCUT2D eigenvalue weighted by atomic mass is 10.1. The summed E-state index contributed by atoms with van der Waals surface area (Å²) in [6.07, 6.45) is 5.23. The number of rotatable bonds is 5. The number of pyridine rings is 2. The zero-order valence-corrected chi connectivity index (χ0v) is 15.9. The van der Waals surface area contributed by atoms with Gasteiger partial charge < -0.3 is 10.5 Å². The van der Waals surface area contributed by atoms with Crippen LogP contribution in [0.5, 0.6) is 5.75 Å². The normalized spacial score (nSPS) is 11.8. The van der Waals surface area contributed by atoms with Gasteiger partial charge in [-0.15, -0.1) is 12.4 Å². The quantitative estimate of drug-likeness (QED) is 0.554. The van der Waals surface area contributed by atoms with Crippen LogP contribution in [0.4, 0.5) is 4.39 Å². The predicted molar refractivity (Wildman–Crippen MR) is 107 cm³/mol. The molecule has 0 radical (unpaired) electrons. The van der Waals surface area contributed by atoms with E-state index in [1.807, 2.05) is 30.3 Å². The molecule has 0 fully saturated rings. The summed E-state index contributed by atoms with van der Waals surface area (Å²) in [5.41, 5.74) is 8.96. The van der Waals surface area contributed by atoms with Gasteiger partial charge in [-0.1, -0.05) is 0 Å². The smallest absolute Gasteiger partial charge is 0.144 e. The Bertz CT molecular complexity index is 1100. The number of nitrogens with two attached hydrogens (primary N) is 1. The summed E-state index contributed by atoms with van der Waals surface area (Å²) < 4.78 is 21.0. The van der Waals surface area contributed by atoms with Crippen LogP contribution in [0.3, 0.4) is 0 Å². The number of hydrogen-bond donors (Lipinski definition) is 1. The minimum atomic E-state index is -0.525. The van der Waals surface area contributed by atoms with Crippen LogP contribution >= 0.6 is 12.4 Å². The number of fused-ring (bicyclic) bond motifs is 1. The molecule has 0 aliphatic heterocycles. The van der Waals surface area contributed by atoms with E-state index < -0.39 is 6.04 Å². The Morgan fingerprint density at radius 1 is 1.14 bits per heavy atom. The SMILES string of the molecule is COc1ccc2c(cnn2-c2cccnc2[C@@H](N)Cc2ncccc2F)c1.Cl. The van der Waals surface area contributed by atoms with Crippen molar-refractivity contribution in [2.45, 2.75) is 12.5 Å². The summed E-state index contributed by atoms with van der Waals surface area (Å²) in [7, 11) is 1.63. The van der Waals surface area contributed by atoms with E-state index in [0.717, 1.165) is 22.3 Å². The van der Waals surface area contributed by atoms with Crippen molar-refractivity contribution < 1.29 is 9.13 Å². The van der Waals surface area contributed by atoms with Crippen molar-refractivity contribution in [1.82, 2.24) is 19.7 Å². The fourth-order valence-electron chi connectivity index (χ4n) is 3.08. The Labute approximate surface area is 167 Å². The number of nitrogens with zero attached hydrogens (tertiary/aromatic N) is 4. The van der Waals surface area contributed by atoms with Crippen molar-refractivity contribution >= 4 is 23.3 Å². The third-order valence-corrected chi connectivity index (χ3v) is 4.42. The highest BCUT2D eigenvalue weighted by Crippen LogP contribution is 2.26. The first kappa shape index (κ1) is 19.7. The first-order valence-corrected chi connectivity index (χ1v) is 8.49. The molecule has 28 heavy (non-hydrogen) atoms. The predicted octanol–water partition coefficient (Wildman–Crippen LogP) is 3.63. The Hall–Kier alpha value is -3.03. The highest BCUT2D eigenvalue weighted by atomic mass is 35.5. The fourth-order valence-corrected chi connectivity index (χ4v) is 3.08. The minimum absolute atomic E-state index is 0. The summed E-state index contributed by atoms with van der Waals surface area (Å²) in [6.45, 7) is 0. The molecule has 0 spiro atoms. The second kappa shape index (κ2) is 8.33. The van der Waals surface area contributed by atoms with Crippen LogP contribution in [0.25, 0.3) is 16.6 Å². The Morgan fingerprint density at radius 2 is 1.93 bits per heavy atom. The third kappa shape index (κ3) is 3.67. The molecule has 6 nitrogen and oxygen atoms in total. The van der Waals surface area contributed by atoms with Crippen LogP contribution in [-0.2, 0) is 6.42 Å². The van der Waals surface area contributed by atoms with E-state index in [9.17, 15) is 4.39 Å². The van der Waals surface area contributed by atoms with Crippen LogP contribution in [-0.4, -0.2) is 26.9 Å². The van der Waals surface area contributed by atoms with Crippen LogP contribution in [0.1, 0.15) is 17.4 Å². The summed E-state index contributed by atoms with van der Waals surface area (Å²) in [6, 6.07) is 11.9. The lowest BCUT2D eigenvalue weighted by Gasteiger charge is -2.16. The first-order chi connectivity index (χ1) is 13.2. The molecule has 1 atom stereocenters. The molecular weight excluding hydrogens is 381 g/mol. The van der Waals surface area contributed by atoms with Crippen LogP contribution in [0, 0.1) is 5.82 Å². The van der Waals surface area contributed by atoms with Crippen molar-refractivity contribution in [1.29, 1.82) is 0 Å². The molecule has 0 aliphatic rings. The van der Waals surface area contributed by atoms with E-state index in [1.165, 1.54) is 6.07 Å². The summed E-state index contributed by atoms with van der Waals surface area (Å²) in [5.74, 6) is 0.387. The number of ether oxygens (including phenoxy) is 1. The average molecular weight is 400 g/mol. The Morgan fingerprint density at radius 3 is 2.71 bits per heavy atom. The van der Waals surface area contributed by atoms with Gasteiger partial charge in [0.25, 0.3) is 0 Å². The fraction of sp³-hybridized carbons (Fsp3) is 0.150. The molecule has 2 N–H and O–H groups in total. The number of benzene rings is 1. The van der Waals surface area contributed by atoms with Crippen molar-refractivity contribution in [3.8, 4) is 11.4 Å². The van der Waals surface area contributed by atoms with Gasteiger partial charge in [-0.2, -0.15) is 5.10 Å². The first-order valence-electron chi connectivity index (χ1n) is 8.49. The number of halogens is 2. The zero-order valence-electron chi connectivity index (χ0n) is 15.1. The maximum Gasteiger partial charge on any atom is 0.144 e. The van der Waals surface area contributed by atoms with Gasteiger partial charge in [0.05, 0.1) is 41.9 Å². The summed E-state index contributed by atoms with van der Waals surface area (Å²) in [4.78, 5) is 8.53. The standard InChI is InChI=1S/C20H18FN5O.ClH/c1-27-14-6-7-18-13(10-14)12-25-26(18)19-5-3-9-24-20(19)16(22)11-17-15(21)4-2-8-23-17;/h2-10,12,16H,11,22H2,1H3;1H/t16-;/m0./s1. The molecule has 0 bridgehead atoms. The molecule has 3 aromatic heterocycles. The van der Waals surface area contributed by atoms with Gasteiger partial charge in [0.15, 0.2) is 0 Å². The van der Waals surface area contributed by atoms with Crippen molar-refractivity contribution in [3.05, 3.63) is 78.3 Å². The number of hydrogen-bond acceptors (Lipinski definition) is 5. The molecular formula is C20H19ClFN5O. The lowest BCUT2D eigenvalue weighted by Crippen LogP contribution is -2.19. The monoisotopic (exact) mass is 399 g/mol. The van der Waals surface area contributed by atoms with Gasteiger partial charge in [-0.05, 0) is 42.5 Å². The maximum atomic E-state index is 14.0. The molecule has 1 aromatic carbocycles. The van der Waals surface area contributed by atoms with E-state index in [-0.39, 0.29) is 24.6 Å². The molecule has 0 unspecified atom stereocenters. The van der Waals surface area contributed by atoms with E-state index in [1.54, 1.807) is 36.4 Å². The largest absolute Gasteiger partial charge is 0.497 e. The topological polar surface area (TPSA) is 78.8 Å². The molecule has 0 saturated heterocycles. The molecule has 4 aromatic rings. The second-order valence-electron chi connectivity index (χ2n) is 6.13. The lowest BCUT2D eigenvalue weighted by molar-refractivity contribution is 0.415. The second-order valence-corrected chi connectivity index (χ2v) is 6.13. The van der Waals surface area contributed by atoms with Gasteiger partial charge in [0.2, 0.25) is 0 Å². The van der Waals surface area contributed by atoms with E-state index in [0.29, 0.717) is 11.4 Å². The molecule has 8 heteroatoms.